The molecule has 2 rings (SSSR count). The van der Waals surface area contributed by atoms with Gasteiger partial charge in [0.05, 0.1) is 31.1 Å². The van der Waals surface area contributed by atoms with Crippen molar-refractivity contribution in [2.45, 2.75) is 37.9 Å². The maximum absolute atomic E-state index is 5.95. The third-order valence-corrected chi connectivity index (χ3v) is 3.59. The molecule has 0 unspecified atom stereocenters. The summed E-state index contributed by atoms with van der Waals surface area (Å²) in [4.78, 5) is 0. The molecule has 0 amide bonds. The number of hydrogen-bond donors (Lipinski definition) is 2. The van der Waals surface area contributed by atoms with E-state index in [4.69, 9.17) is 25.7 Å². The summed E-state index contributed by atoms with van der Waals surface area (Å²) in [6, 6.07) is 5.38. The van der Waals surface area contributed by atoms with Crippen molar-refractivity contribution in [2.24, 2.45) is 0 Å². The summed E-state index contributed by atoms with van der Waals surface area (Å²) in [5.74, 6) is 0.725. The molecule has 1 aromatic carbocycles. The Labute approximate surface area is 120 Å². The van der Waals surface area contributed by atoms with E-state index in [9.17, 15) is 0 Å². The fraction of sp³-hybridized carbons (Fsp3) is 0.600. The second kappa shape index (κ2) is 7.36. The minimum atomic E-state index is 0.211. The van der Waals surface area contributed by atoms with E-state index in [1.807, 2.05) is 12.1 Å². The molecule has 4 N–H and O–H groups in total. The molecule has 0 aliphatic heterocycles. The molecule has 1 aromatic rings. The van der Waals surface area contributed by atoms with Gasteiger partial charge in [-0.2, -0.15) is 0 Å². The zero-order valence-electron chi connectivity index (χ0n) is 12.0. The van der Waals surface area contributed by atoms with E-state index in [0.29, 0.717) is 30.7 Å². The molecule has 20 heavy (non-hydrogen) atoms. The van der Waals surface area contributed by atoms with E-state index in [2.05, 4.69) is 0 Å². The van der Waals surface area contributed by atoms with E-state index in [0.717, 1.165) is 31.4 Å². The minimum Gasteiger partial charge on any atom is -0.488 e. The molecule has 1 saturated carbocycles. The van der Waals surface area contributed by atoms with Crippen molar-refractivity contribution < 1.29 is 14.2 Å². The third-order valence-electron chi connectivity index (χ3n) is 3.59. The zero-order valence-corrected chi connectivity index (χ0v) is 12.0. The van der Waals surface area contributed by atoms with Crippen LogP contribution in [0, 0.1) is 0 Å². The molecule has 112 valence electrons. The maximum Gasteiger partial charge on any atom is 0.142 e. The molecule has 1 aliphatic carbocycles. The molecule has 0 heterocycles. The first-order chi connectivity index (χ1) is 9.69. The maximum atomic E-state index is 5.95. The first kappa shape index (κ1) is 14.9. The van der Waals surface area contributed by atoms with Gasteiger partial charge in [-0.25, -0.2) is 0 Å². The van der Waals surface area contributed by atoms with Crippen molar-refractivity contribution in [3.05, 3.63) is 18.2 Å². The molecule has 0 radical (unpaired) electrons. The Morgan fingerprint density at radius 2 is 1.75 bits per heavy atom. The number of ether oxygens (including phenoxy) is 3. The summed E-state index contributed by atoms with van der Waals surface area (Å²) in [5, 5.41) is 0. The van der Waals surface area contributed by atoms with E-state index in [1.54, 1.807) is 13.2 Å². The first-order valence-corrected chi connectivity index (χ1v) is 7.11. The highest BCUT2D eigenvalue weighted by Crippen LogP contribution is 2.29. The van der Waals surface area contributed by atoms with Gasteiger partial charge in [-0.15, -0.1) is 0 Å². The number of hydrogen-bond acceptors (Lipinski definition) is 5. The fourth-order valence-electron chi connectivity index (χ4n) is 2.47. The molecule has 5 heteroatoms. The van der Waals surface area contributed by atoms with E-state index >= 15 is 0 Å². The number of nitrogens with two attached hydrogens (primary N) is 2. The Hall–Kier alpha value is -1.46. The number of methoxy groups -OCH3 is 1. The van der Waals surface area contributed by atoms with Gasteiger partial charge in [0.1, 0.15) is 5.75 Å². The van der Waals surface area contributed by atoms with Crippen LogP contribution < -0.4 is 16.2 Å². The van der Waals surface area contributed by atoms with Gasteiger partial charge in [0.25, 0.3) is 0 Å². The summed E-state index contributed by atoms with van der Waals surface area (Å²) in [6.45, 7) is 1.32. The molecular formula is C15H24N2O3. The van der Waals surface area contributed by atoms with Crippen LogP contribution in [0.5, 0.6) is 5.75 Å². The molecule has 0 bridgehead atoms. The Kier molecular flexibility index (Phi) is 5.49. The van der Waals surface area contributed by atoms with Crippen LogP contribution in [0.2, 0.25) is 0 Å². The van der Waals surface area contributed by atoms with Crippen molar-refractivity contribution in [3.63, 3.8) is 0 Å². The van der Waals surface area contributed by atoms with Crippen LogP contribution in [0.3, 0.4) is 0 Å². The van der Waals surface area contributed by atoms with Crippen LogP contribution in [0.4, 0.5) is 11.4 Å². The largest absolute Gasteiger partial charge is 0.488 e. The topological polar surface area (TPSA) is 79.7 Å². The van der Waals surface area contributed by atoms with Crippen LogP contribution >= 0.6 is 0 Å². The predicted molar refractivity (Wildman–Crippen MR) is 79.8 cm³/mol. The van der Waals surface area contributed by atoms with Gasteiger partial charge < -0.3 is 25.7 Å². The quantitative estimate of drug-likeness (QED) is 0.617. The summed E-state index contributed by atoms with van der Waals surface area (Å²) in [6.07, 6.45) is 4.55. The van der Waals surface area contributed by atoms with Crippen molar-refractivity contribution >= 4 is 11.4 Å². The lowest BCUT2D eigenvalue weighted by molar-refractivity contribution is -0.0175. The van der Waals surface area contributed by atoms with Gasteiger partial charge in [0.15, 0.2) is 0 Å². The smallest absolute Gasteiger partial charge is 0.142 e. The summed E-state index contributed by atoms with van der Waals surface area (Å²) in [7, 11) is 1.69. The summed E-state index contributed by atoms with van der Waals surface area (Å²) in [5.41, 5.74) is 12.8. The molecule has 1 aliphatic rings. The molecule has 1 fully saturated rings. The van der Waals surface area contributed by atoms with Crippen LogP contribution in [-0.4, -0.2) is 32.5 Å². The molecule has 5 nitrogen and oxygen atoms in total. The molecule has 0 spiro atoms. The SMILES string of the molecule is COCCOC1CCC(Oc2ccc(N)cc2N)CC1. The predicted octanol–water partition coefficient (Wildman–Crippen LogP) is 2.20. The van der Waals surface area contributed by atoms with Crippen LogP contribution in [0.15, 0.2) is 18.2 Å². The summed E-state index contributed by atoms with van der Waals surface area (Å²) >= 11 is 0. The molecule has 0 saturated heterocycles. The van der Waals surface area contributed by atoms with Gasteiger partial charge in [-0.1, -0.05) is 0 Å². The highest BCUT2D eigenvalue weighted by molar-refractivity contribution is 5.60. The van der Waals surface area contributed by atoms with Crippen LogP contribution in [0.25, 0.3) is 0 Å². The van der Waals surface area contributed by atoms with E-state index in [1.165, 1.54) is 0 Å². The highest BCUT2D eigenvalue weighted by atomic mass is 16.5. The van der Waals surface area contributed by atoms with Crippen molar-refractivity contribution in [2.75, 3.05) is 31.8 Å². The van der Waals surface area contributed by atoms with Crippen molar-refractivity contribution in [1.29, 1.82) is 0 Å². The van der Waals surface area contributed by atoms with Gasteiger partial charge in [0.2, 0.25) is 0 Å². The lowest BCUT2D eigenvalue weighted by Gasteiger charge is -2.29. The lowest BCUT2D eigenvalue weighted by atomic mass is 9.95. The number of nitrogen functional groups attached to an aromatic ring is 2. The zero-order chi connectivity index (χ0) is 14.4. The number of rotatable bonds is 6. The second-order valence-electron chi connectivity index (χ2n) is 5.18. The highest BCUT2D eigenvalue weighted by Gasteiger charge is 2.23. The number of benzene rings is 1. The third kappa shape index (κ3) is 4.28. The Bertz CT molecular complexity index is 418. The Morgan fingerprint density at radius 1 is 1.05 bits per heavy atom. The van der Waals surface area contributed by atoms with Crippen molar-refractivity contribution in [1.82, 2.24) is 0 Å². The Balaban J connectivity index is 1.76. The monoisotopic (exact) mass is 280 g/mol. The first-order valence-electron chi connectivity index (χ1n) is 7.11. The van der Waals surface area contributed by atoms with Gasteiger partial charge in [0, 0.05) is 12.8 Å². The molecule has 0 atom stereocenters. The Morgan fingerprint density at radius 3 is 2.40 bits per heavy atom. The van der Waals surface area contributed by atoms with E-state index < -0.39 is 0 Å². The van der Waals surface area contributed by atoms with Gasteiger partial charge >= 0.3 is 0 Å². The normalized spacial score (nSPS) is 22.6. The molecule has 0 aromatic heterocycles. The van der Waals surface area contributed by atoms with Crippen molar-refractivity contribution in [3.8, 4) is 5.75 Å². The lowest BCUT2D eigenvalue weighted by Crippen LogP contribution is -2.29. The average Bonchev–Trinajstić information content (AvgIpc) is 2.44. The van der Waals surface area contributed by atoms with E-state index in [-0.39, 0.29) is 6.10 Å². The van der Waals surface area contributed by atoms with Crippen LogP contribution in [0.1, 0.15) is 25.7 Å². The fourth-order valence-corrected chi connectivity index (χ4v) is 2.47. The van der Waals surface area contributed by atoms with Gasteiger partial charge in [-0.3, -0.25) is 0 Å². The minimum absolute atomic E-state index is 0.211. The van der Waals surface area contributed by atoms with Gasteiger partial charge in [-0.05, 0) is 43.9 Å². The molecular weight excluding hydrogens is 256 g/mol. The summed E-state index contributed by atoms with van der Waals surface area (Å²) < 4.78 is 16.7. The standard InChI is InChI=1S/C15H24N2O3/c1-18-8-9-19-12-3-5-13(6-4-12)20-15-7-2-11(16)10-14(15)17/h2,7,10,12-13H,3-6,8-9,16-17H2,1H3. The van der Waals surface area contributed by atoms with Crippen LogP contribution in [-0.2, 0) is 9.47 Å². The number of anilines is 2. The second-order valence-corrected chi connectivity index (χ2v) is 5.18. The average molecular weight is 280 g/mol.